The van der Waals surface area contributed by atoms with Crippen LogP contribution in [0, 0.1) is 0 Å². The molecule has 1 aromatic carbocycles. The average Bonchev–Trinajstić information content (AvgIpc) is 3.14. The van der Waals surface area contributed by atoms with Crippen molar-refractivity contribution in [1.29, 1.82) is 0 Å². The fourth-order valence-corrected chi connectivity index (χ4v) is 3.73. The highest BCUT2D eigenvalue weighted by Gasteiger charge is 2.31. The molecule has 0 N–H and O–H groups in total. The second kappa shape index (κ2) is 8.97. The molecule has 0 unspecified atom stereocenters. The highest BCUT2D eigenvalue weighted by molar-refractivity contribution is 8.01. The molecular formula is C20H25F3N4O2S. The molecule has 0 bridgehead atoms. The van der Waals surface area contributed by atoms with Crippen LogP contribution in [0.5, 0.6) is 0 Å². The van der Waals surface area contributed by atoms with Gasteiger partial charge in [-0.15, -0.1) is 11.8 Å². The minimum atomic E-state index is -4.43. The number of thioether (sulfide) groups is 1. The second-order valence-corrected chi connectivity index (χ2v) is 9.95. The molecule has 1 aliphatic rings. The normalized spacial score (nSPS) is 16.1. The van der Waals surface area contributed by atoms with E-state index in [1.807, 2.05) is 4.90 Å². The van der Waals surface area contributed by atoms with Crippen LogP contribution in [0.25, 0.3) is 11.4 Å². The fourth-order valence-electron chi connectivity index (χ4n) is 2.99. The zero-order chi connectivity index (χ0) is 21.9. The Morgan fingerprint density at radius 1 is 1.17 bits per heavy atom. The van der Waals surface area contributed by atoms with E-state index in [4.69, 9.17) is 4.52 Å². The first-order valence-corrected chi connectivity index (χ1v) is 10.6. The second-order valence-electron chi connectivity index (χ2n) is 8.15. The summed E-state index contributed by atoms with van der Waals surface area (Å²) in [6.45, 7) is 9.24. The minimum absolute atomic E-state index is 0.0484. The molecule has 10 heteroatoms. The molecule has 0 atom stereocenters. The number of piperazine rings is 1. The van der Waals surface area contributed by atoms with Gasteiger partial charge >= 0.3 is 6.18 Å². The maximum Gasteiger partial charge on any atom is 0.416 e. The first-order chi connectivity index (χ1) is 14.0. The molecule has 1 saturated heterocycles. The van der Waals surface area contributed by atoms with Crippen molar-refractivity contribution < 1.29 is 22.5 Å². The lowest BCUT2D eigenvalue weighted by atomic mass is 10.1. The first-order valence-electron chi connectivity index (χ1n) is 9.65. The molecule has 164 valence electrons. The summed E-state index contributed by atoms with van der Waals surface area (Å²) in [6, 6.07) is 4.85. The SMILES string of the molecule is CC(C)(C)SCC(=O)N1CCN(Cc2nc(-c3cccc(C(F)(F)F)c3)no2)CC1. The monoisotopic (exact) mass is 442 g/mol. The predicted octanol–water partition coefficient (Wildman–Crippen LogP) is 3.93. The molecule has 3 rings (SSSR count). The number of halogens is 3. The number of carbonyl (C=O) groups excluding carboxylic acids is 1. The molecule has 0 saturated carbocycles. The number of nitrogens with zero attached hydrogens (tertiary/aromatic N) is 4. The summed E-state index contributed by atoms with van der Waals surface area (Å²) in [5.41, 5.74) is -0.497. The van der Waals surface area contributed by atoms with Crippen molar-refractivity contribution in [2.45, 2.75) is 38.2 Å². The van der Waals surface area contributed by atoms with Gasteiger partial charge in [0, 0.05) is 36.5 Å². The van der Waals surface area contributed by atoms with E-state index in [-0.39, 0.29) is 22.0 Å². The van der Waals surface area contributed by atoms with Crippen LogP contribution in [0.4, 0.5) is 13.2 Å². The van der Waals surface area contributed by atoms with Gasteiger partial charge in [0.1, 0.15) is 0 Å². The summed E-state index contributed by atoms with van der Waals surface area (Å²) in [5.74, 6) is 1.07. The maximum atomic E-state index is 12.9. The highest BCUT2D eigenvalue weighted by Crippen LogP contribution is 2.31. The van der Waals surface area contributed by atoms with E-state index in [0.717, 1.165) is 12.1 Å². The quantitative estimate of drug-likeness (QED) is 0.699. The Kier molecular flexibility index (Phi) is 6.76. The summed E-state index contributed by atoms with van der Waals surface area (Å²) in [4.78, 5) is 20.5. The number of rotatable bonds is 5. The molecule has 2 heterocycles. The van der Waals surface area contributed by atoms with Crippen molar-refractivity contribution in [2.75, 3.05) is 31.9 Å². The van der Waals surface area contributed by atoms with Crippen molar-refractivity contribution >= 4 is 17.7 Å². The Balaban J connectivity index is 1.53. The Morgan fingerprint density at radius 2 is 1.87 bits per heavy atom. The van der Waals surface area contributed by atoms with Gasteiger partial charge in [-0.2, -0.15) is 18.2 Å². The molecule has 0 aliphatic carbocycles. The molecule has 6 nitrogen and oxygen atoms in total. The third-order valence-electron chi connectivity index (χ3n) is 4.63. The Bertz CT molecular complexity index is 871. The van der Waals surface area contributed by atoms with Crippen molar-refractivity contribution in [3.05, 3.63) is 35.7 Å². The van der Waals surface area contributed by atoms with Crippen LogP contribution in [0.15, 0.2) is 28.8 Å². The van der Waals surface area contributed by atoms with Gasteiger partial charge in [0.05, 0.1) is 17.9 Å². The Labute approximate surface area is 177 Å². The number of amides is 1. The van der Waals surface area contributed by atoms with E-state index in [1.54, 1.807) is 11.8 Å². The zero-order valence-corrected chi connectivity index (χ0v) is 18.0. The highest BCUT2D eigenvalue weighted by atomic mass is 32.2. The van der Waals surface area contributed by atoms with Crippen molar-refractivity contribution in [1.82, 2.24) is 19.9 Å². The number of aromatic nitrogens is 2. The van der Waals surface area contributed by atoms with E-state index in [2.05, 4.69) is 35.8 Å². The summed E-state index contributed by atoms with van der Waals surface area (Å²) in [6.07, 6.45) is -4.43. The maximum absolute atomic E-state index is 12.9. The largest absolute Gasteiger partial charge is 0.416 e. The van der Waals surface area contributed by atoms with E-state index >= 15 is 0 Å². The Hall–Kier alpha value is -2.07. The minimum Gasteiger partial charge on any atom is -0.339 e. The first kappa shape index (κ1) is 22.6. The average molecular weight is 443 g/mol. The van der Waals surface area contributed by atoms with Gasteiger partial charge in [-0.25, -0.2) is 0 Å². The lowest BCUT2D eigenvalue weighted by Gasteiger charge is -2.34. The molecule has 2 aromatic rings. The smallest absolute Gasteiger partial charge is 0.339 e. The van der Waals surface area contributed by atoms with Crippen LogP contribution in [0.2, 0.25) is 0 Å². The molecular weight excluding hydrogens is 417 g/mol. The number of benzene rings is 1. The van der Waals surface area contributed by atoms with Gasteiger partial charge < -0.3 is 9.42 Å². The third kappa shape index (κ3) is 6.21. The number of carbonyl (C=O) groups is 1. The van der Waals surface area contributed by atoms with Crippen LogP contribution in [0.1, 0.15) is 32.2 Å². The van der Waals surface area contributed by atoms with E-state index < -0.39 is 11.7 Å². The summed E-state index contributed by atoms with van der Waals surface area (Å²) < 4.78 is 44.0. The van der Waals surface area contributed by atoms with Gasteiger partial charge in [0.2, 0.25) is 17.6 Å². The van der Waals surface area contributed by atoms with Gasteiger partial charge in [-0.3, -0.25) is 9.69 Å². The van der Waals surface area contributed by atoms with Crippen LogP contribution in [0.3, 0.4) is 0 Å². The van der Waals surface area contributed by atoms with E-state index in [0.29, 0.717) is 44.4 Å². The standard InChI is InChI=1S/C20H25F3N4O2S/c1-19(2,3)30-13-17(28)27-9-7-26(8-10-27)12-16-24-18(25-29-16)14-5-4-6-15(11-14)20(21,22)23/h4-6,11H,7-10,12-13H2,1-3H3. The van der Waals surface area contributed by atoms with Gasteiger partial charge in [0.25, 0.3) is 0 Å². The lowest BCUT2D eigenvalue weighted by molar-refractivity contribution is -0.137. The summed E-state index contributed by atoms with van der Waals surface area (Å²) in [7, 11) is 0. The van der Waals surface area contributed by atoms with E-state index in [1.165, 1.54) is 12.1 Å². The van der Waals surface area contributed by atoms with Crippen molar-refractivity contribution in [3.8, 4) is 11.4 Å². The fraction of sp³-hybridized carbons (Fsp3) is 0.550. The summed E-state index contributed by atoms with van der Waals surface area (Å²) in [5, 5.41) is 3.82. The molecule has 1 aromatic heterocycles. The van der Waals surface area contributed by atoms with Crippen molar-refractivity contribution in [3.63, 3.8) is 0 Å². The van der Waals surface area contributed by atoms with Crippen LogP contribution in [-0.2, 0) is 17.5 Å². The van der Waals surface area contributed by atoms with Crippen LogP contribution < -0.4 is 0 Å². The van der Waals surface area contributed by atoms with Gasteiger partial charge in [-0.1, -0.05) is 38.1 Å². The predicted molar refractivity (Wildman–Crippen MR) is 109 cm³/mol. The Morgan fingerprint density at radius 3 is 2.50 bits per heavy atom. The molecule has 1 amide bonds. The molecule has 1 fully saturated rings. The number of alkyl halides is 3. The summed E-state index contributed by atoms with van der Waals surface area (Å²) >= 11 is 1.63. The third-order valence-corrected chi connectivity index (χ3v) is 5.89. The van der Waals surface area contributed by atoms with Crippen LogP contribution >= 0.6 is 11.8 Å². The van der Waals surface area contributed by atoms with Gasteiger partial charge in [0.15, 0.2) is 0 Å². The van der Waals surface area contributed by atoms with E-state index in [9.17, 15) is 18.0 Å². The van der Waals surface area contributed by atoms with Crippen LogP contribution in [-0.4, -0.2) is 62.5 Å². The molecule has 1 aliphatic heterocycles. The molecule has 0 spiro atoms. The number of hydrogen-bond donors (Lipinski definition) is 0. The lowest BCUT2D eigenvalue weighted by Crippen LogP contribution is -2.49. The number of hydrogen-bond acceptors (Lipinski definition) is 6. The topological polar surface area (TPSA) is 62.5 Å². The van der Waals surface area contributed by atoms with Gasteiger partial charge in [-0.05, 0) is 12.1 Å². The van der Waals surface area contributed by atoms with Crippen molar-refractivity contribution in [2.24, 2.45) is 0 Å². The zero-order valence-electron chi connectivity index (χ0n) is 17.2. The molecule has 30 heavy (non-hydrogen) atoms. The molecule has 0 radical (unpaired) electrons.